The lowest BCUT2D eigenvalue weighted by atomic mass is 10.1. The molecular formula is C22H27NO5. The van der Waals surface area contributed by atoms with Crippen molar-refractivity contribution in [1.29, 1.82) is 0 Å². The van der Waals surface area contributed by atoms with Gasteiger partial charge in [0.05, 0.1) is 5.60 Å². The summed E-state index contributed by atoms with van der Waals surface area (Å²) in [6.07, 6.45) is 0.180. The number of hydrogen-bond acceptors (Lipinski definition) is 4. The van der Waals surface area contributed by atoms with Gasteiger partial charge in [0.25, 0.3) is 5.91 Å². The lowest BCUT2D eigenvalue weighted by Gasteiger charge is -2.21. The number of carbonyl (C=O) groups excluding carboxylic acids is 1. The molecule has 2 aromatic carbocycles. The predicted octanol–water partition coefficient (Wildman–Crippen LogP) is 3.51. The van der Waals surface area contributed by atoms with Gasteiger partial charge >= 0.3 is 5.97 Å². The fourth-order valence-corrected chi connectivity index (χ4v) is 2.57. The summed E-state index contributed by atoms with van der Waals surface area (Å²) in [6.45, 7) is 5.63. The van der Waals surface area contributed by atoms with Gasteiger partial charge in [-0.3, -0.25) is 4.79 Å². The number of rotatable bonds is 9. The zero-order valence-electron chi connectivity index (χ0n) is 16.5. The Labute approximate surface area is 165 Å². The van der Waals surface area contributed by atoms with Gasteiger partial charge in [-0.1, -0.05) is 48.5 Å². The third-order valence-electron chi connectivity index (χ3n) is 3.91. The van der Waals surface area contributed by atoms with Crippen molar-refractivity contribution >= 4 is 11.9 Å². The molecule has 2 N–H and O–H groups in total. The van der Waals surface area contributed by atoms with Crippen molar-refractivity contribution in [2.75, 3.05) is 13.2 Å². The van der Waals surface area contributed by atoms with Gasteiger partial charge < -0.3 is 19.9 Å². The van der Waals surface area contributed by atoms with Crippen molar-refractivity contribution < 1.29 is 24.2 Å². The Morgan fingerprint density at radius 1 is 1.04 bits per heavy atom. The molecule has 28 heavy (non-hydrogen) atoms. The number of hydrogen-bond donors (Lipinski definition) is 2. The number of amides is 1. The number of carboxylic acids is 1. The van der Waals surface area contributed by atoms with E-state index in [9.17, 15) is 14.7 Å². The number of aliphatic carboxylic acids is 1. The highest BCUT2D eigenvalue weighted by Crippen LogP contribution is 2.29. The molecule has 0 bridgehead atoms. The standard InChI is InChI=1S/C22H27NO5/c1-22(2,3)28-14-13-18(21(25)26)23-20(24)15-27-19-12-8-7-11-17(19)16-9-5-4-6-10-16/h4-12,18H,13-15H2,1-3H3,(H,23,24)(H,25,26). The van der Waals surface area contributed by atoms with Crippen LogP contribution in [0.3, 0.4) is 0 Å². The predicted molar refractivity (Wildman–Crippen MR) is 107 cm³/mol. The molecule has 1 unspecified atom stereocenters. The molecule has 0 radical (unpaired) electrons. The van der Waals surface area contributed by atoms with E-state index in [0.717, 1.165) is 11.1 Å². The number of carbonyl (C=O) groups is 2. The van der Waals surface area contributed by atoms with Gasteiger partial charge in [0, 0.05) is 18.6 Å². The molecule has 2 rings (SSSR count). The first-order valence-electron chi connectivity index (χ1n) is 9.19. The van der Waals surface area contributed by atoms with Crippen LogP contribution >= 0.6 is 0 Å². The van der Waals surface area contributed by atoms with Crippen LogP contribution in [0, 0.1) is 0 Å². The van der Waals surface area contributed by atoms with Crippen molar-refractivity contribution in [1.82, 2.24) is 5.32 Å². The van der Waals surface area contributed by atoms with E-state index in [1.165, 1.54) is 0 Å². The molecule has 6 heteroatoms. The molecule has 0 fully saturated rings. The Kier molecular flexibility index (Phi) is 7.58. The first-order valence-corrected chi connectivity index (χ1v) is 9.19. The van der Waals surface area contributed by atoms with Gasteiger partial charge in [0.15, 0.2) is 6.61 Å². The Morgan fingerprint density at radius 2 is 1.68 bits per heavy atom. The van der Waals surface area contributed by atoms with Gasteiger partial charge in [-0.2, -0.15) is 0 Å². The summed E-state index contributed by atoms with van der Waals surface area (Å²) in [4.78, 5) is 23.6. The molecule has 0 aromatic heterocycles. The topological polar surface area (TPSA) is 84.9 Å². The van der Waals surface area contributed by atoms with E-state index in [1.54, 1.807) is 6.07 Å². The maximum atomic E-state index is 12.2. The fraction of sp³-hybridized carbons (Fsp3) is 0.364. The number of benzene rings is 2. The highest BCUT2D eigenvalue weighted by Gasteiger charge is 2.21. The third-order valence-corrected chi connectivity index (χ3v) is 3.91. The van der Waals surface area contributed by atoms with Crippen LogP contribution in [0.1, 0.15) is 27.2 Å². The van der Waals surface area contributed by atoms with Crippen LogP contribution in [0.5, 0.6) is 5.75 Å². The molecule has 0 aliphatic heterocycles. The zero-order chi connectivity index (χ0) is 20.6. The lowest BCUT2D eigenvalue weighted by molar-refractivity contribution is -0.143. The van der Waals surface area contributed by atoms with Gasteiger partial charge in [0.2, 0.25) is 0 Å². The van der Waals surface area contributed by atoms with E-state index in [1.807, 2.05) is 69.3 Å². The molecule has 2 aromatic rings. The smallest absolute Gasteiger partial charge is 0.326 e. The Balaban J connectivity index is 1.93. The summed E-state index contributed by atoms with van der Waals surface area (Å²) in [5, 5.41) is 11.8. The summed E-state index contributed by atoms with van der Waals surface area (Å²) in [5.74, 6) is -1.03. The van der Waals surface area contributed by atoms with E-state index in [-0.39, 0.29) is 25.2 Å². The maximum Gasteiger partial charge on any atom is 0.326 e. The largest absolute Gasteiger partial charge is 0.483 e. The molecule has 0 heterocycles. The quantitative estimate of drug-likeness (QED) is 0.690. The van der Waals surface area contributed by atoms with Gasteiger partial charge in [-0.05, 0) is 32.4 Å². The minimum absolute atomic E-state index is 0.180. The summed E-state index contributed by atoms with van der Waals surface area (Å²) in [5.41, 5.74) is 1.47. The van der Waals surface area contributed by atoms with Crippen molar-refractivity contribution in [2.24, 2.45) is 0 Å². The van der Waals surface area contributed by atoms with E-state index in [4.69, 9.17) is 9.47 Å². The monoisotopic (exact) mass is 385 g/mol. The second kappa shape index (κ2) is 9.90. The molecule has 0 spiro atoms. The Hall–Kier alpha value is -2.86. The first kappa shape index (κ1) is 21.4. The molecule has 0 saturated heterocycles. The Morgan fingerprint density at radius 3 is 2.32 bits per heavy atom. The van der Waals surface area contributed by atoms with E-state index in [0.29, 0.717) is 5.75 Å². The Bertz CT molecular complexity index is 783. The van der Waals surface area contributed by atoms with Crippen molar-refractivity contribution in [2.45, 2.75) is 38.8 Å². The van der Waals surface area contributed by atoms with Gasteiger partial charge in [-0.15, -0.1) is 0 Å². The lowest BCUT2D eigenvalue weighted by Crippen LogP contribution is -2.44. The van der Waals surface area contributed by atoms with Crippen LogP contribution < -0.4 is 10.1 Å². The second-order valence-corrected chi connectivity index (χ2v) is 7.36. The van der Waals surface area contributed by atoms with E-state index >= 15 is 0 Å². The summed E-state index contributed by atoms with van der Waals surface area (Å²) < 4.78 is 11.2. The van der Waals surface area contributed by atoms with Crippen molar-refractivity contribution in [3.63, 3.8) is 0 Å². The summed E-state index contributed by atoms with van der Waals surface area (Å²) in [6, 6.07) is 16.1. The fourth-order valence-electron chi connectivity index (χ4n) is 2.57. The van der Waals surface area contributed by atoms with Crippen molar-refractivity contribution in [3.8, 4) is 16.9 Å². The van der Waals surface area contributed by atoms with Crippen LogP contribution in [0.4, 0.5) is 0 Å². The summed E-state index contributed by atoms with van der Waals surface area (Å²) >= 11 is 0. The van der Waals surface area contributed by atoms with Crippen LogP contribution in [-0.2, 0) is 14.3 Å². The minimum atomic E-state index is -1.10. The molecule has 6 nitrogen and oxygen atoms in total. The van der Waals surface area contributed by atoms with Gasteiger partial charge in [-0.25, -0.2) is 4.79 Å². The third kappa shape index (κ3) is 7.04. The maximum absolute atomic E-state index is 12.2. The molecule has 1 atom stereocenters. The SMILES string of the molecule is CC(C)(C)OCCC(NC(=O)COc1ccccc1-c1ccccc1)C(=O)O. The number of carboxylic acid groups (broad SMARTS) is 1. The van der Waals surface area contributed by atoms with Crippen LogP contribution in [0.25, 0.3) is 11.1 Å². The average Bonchev–Trinajstić information content (AvgIpc) is 2.65. The normalized spacial score (nSPS) is 12.2. The highest BCUT2D eigenvalue weighted by molar-refractivity contribution is 5.84. The van der Waals surface area contributed by atoms with Crippen molar-refractivity contribution in [3.05, 3.63) is 54.6 Å². The van der Waals surface area contributed by atoms with Crippen LogP contribution in [0.15, 0.2) is 54.6 Å². The van der Waals surface area contributed by atoms with E-state index in [2.05, 4.69) is 5.32 Å². The molecule has 0 aliphatic rings. The number of ether oxygens (including phenoxy) is 2. The average molecular weight is 385 g/mol. The minimum Gasteiger partial charge on any atom is -0.483 e. The molecular weight excluding hydrogens is 358 g/mol. The number of para-hydroxylation sites is 1. The molecule has 0 saturated carbocycles. The van der Waals surface area contributed by atoms with Crippen LogP contribution in [-0.4, -0.2) is 41.8 Å². The highest BCUT2D eigenvalue weighted by atomic mass is 16.5. The summed E-state index contributed by atoms with van der Waals surface area (Å²) in [7, 11) is 0. The van der Waals surface area contributed by atoms with E-state index < -0.39 is 17.9 Å². The van der Waals surface area contributed by atoms with Crippen LogP contribution in [0.2, 0.25) is 0 Å². The second-order valence-electron chi connectivity index (χ2n) is 7.36. The van der Waals surface area contributed by atoms with Gasteiger partial charge in [0.1, 0.15) is 11.8 Å². The zero-order valence-corrected chi connectivity index (χ0v) is 16.5. The number of nitrogens with one attached hydrogen (secondary N) is 1. The first-order chi connectivity index (χ1) is 13.3. The molecule has 150 valence electrons. The molecule has 0 aliphatic carbocycles. The molecule has 1 amide bonds.